The SMILES string of the molecule is CC/C=C\C/C=C\C/C=C\C/C=C\C/C=C\CCCCCCCCCC(=O)OCC(O)COP(=O)(O)OCCNC(=O)CCCCCCCCCCCCCCCCCCCCCCCCCC. The Labute approximate surface area is 418 Å². The van der Waals surface area contributed by atoms with E-state index in [0.717, 1.165) is 83.5 Å². The van der Waals surface area contributed by atoms with E-state index in [9.17, 15) is 24.2 Å². The van der Waals surface area contributed by atoms with Gasteiger partial charge in [-0.15, -0.1) is 0 Å². The lowest BCUT2D eigenvalue weighted by molar-refractivity contribution is -0.147. The van der Waals surface area contributed by atoms with E-state index in [0.29, 0.717) is 6.42 Å². The van der Waals surface area contributed by atoms with Crippen LogP contribution in [0.1, 0.15) is 264 Å². The van der Waals surface area contributed by atoms with E-state index in [2.05, 4.69) is 79.9 Å². The van der Waals surface area contributed by atoms with Crippen molar-refractivity contribution >= 4 is 19.7 Å². The summed E-state index contributed by atoms with van der Waals surface area (Å²) < 4.78 is 27.1. The number of rotatable bonds is 53. The van der Waals surface area contributed by atoms with Crippen molar-refractivity contribution in [2.75, 3.05) is 26.4 Å². The van der Waals surface area contributed by atoms with Gasteiger partial charge in [-0.05, 0) is 57.8 Å². The highest BCUT2D eigenvalue weighted by Gasteiger charge is 2.23. The summed E-state index contributed by atoms with van der Waals surface area (Å²) in [5.74, 6) is -0.520. The second kappa shape index (κ2) is 54.1. The molecule has 9 nitrogen and oxygen atoms in total. The molecule has 3 N–H and O–H groups in total. The average Bonchev–Trinajstić information content (AvgIpc) is 3.33. The molecule has 0 aliphatic carbocycles. The van der Waals surface area contributed by atoms with E-state index in [1.165, 1.54) is 154 Å². The Morgan fingerprint density at radius 1 is 0.471 bits per heavy atom. The van der Waals surface area contributed by atoms with Gasteiger partial charge in [0.15, 0.2) is 0 Å². The Hall–Kier alpha value is -2.29. The van der Waals surface area contributed by atoms with E-state index in [-0.39, 0.29) is 32.1 Å². The number of unbranched alkanes of at least 4 members (excludes halogenated alkanes) is 30. The molecule has 0 aliphatic heterocycles. The standard InChI is InChI=1S/C58H106NO8P/c1-3-5-7-9-11-13-15-17-19-21-23-25-27-29-30-32-34-36-38-40-42-44-46-48-50-57(61)59-52-53-66-68(63,64)67-55-56(60)54-65-58(62)51-49-47-45-43-41-39-37-35-33-31-28-26-24-22-20-18-16-14-12-10-8-6-4-2/h6,8,12,14,18,20,24,26,31,33,56,60H,3-5,7,9-11,13,15-17,19,21-23,25,27-30,32,34-55H2,1-2H3,(H,59,61)(H,63,64)/b8-6-,14-12-,20-18-,26-24-,33-31-. The third kappa shape index (κ3) is 54.6. The molecule has 2 unspecified atom stereocenters. The number of allylic oxidation sites excluding steroid dienone is 10. The average molecular weight is 976 g/mol. The second-order valence-corrected chi connectivity index (χ2v) is 20.3. The molecule has 0 spiro atoms. The summed E-state index contributed by atoms with van der Waals surface area (Å²) >= 11 is 0. The number of hydrogen-bond acceptors (Lipinski definition) is 7. The Bertz CT molecular complexity index is 1300. The van der Waals surface area contributed by atoms with Crippen LogP contribution in [0.2, 0.25) is 0 Å². The molecule has 396 valence electrons. The Morgan fingerprint density at radius 2 is 0.838 bits per heavy atom. The van der Waals surface area contributed by atoms with Gasteiger partial charge in [0.2, 0.25) is 5.91 Å². The van der Waals surface area contributed by atoms with Crippen LogP contribution in [0, 0.1) is 0 Å². The lowest BCUT2D eigenvalue weighted by Gasteiger charge is -2.15. The Kier molecular flexibility index (Phi) is 52.2. The van der Waals surface area contributed by atoms with Crippen molar-refractivity contribution in [3.05, 3.63) is 60.8 Å². The number of hydrogen-bond donors (Lipinski definition) is 3. The number of amides is 1. The topological polar surface area (TPSA) is 131 Å². The van der Waals surface area contributed by atoms with E-state index in [1.54, 1.807) is 0 Å². The molecule has 0 aromatic heterocycles. The highest BCUT2D eigenvalue weighted by Crippen LogP contribution is 2.42. The minimum atomic E-state index is -4.43. The number of phosphoric ester groups is 1. The zero-order valence-electron chi connectivity index (χ0n) is 44.0. The fourth-order valence-corrected chi connectivity index (χ4v) is 8.76. The molecule has 0 radical (unpaired) electrons. The number of aliphatic hydroxyl groups excluding tert-OH is 1. The molecule has 0 fully saturated rings. The molecule has 0 aliphatic rings. The van der Waals surface area contributed by atoms with Crippen molar-refractivity contribution in [2.45, 2.75) is 270 Å². The molecule has 68 heavy (non-hydrogen) atoms. The largest absolute Gasteiger partial charge is 0.472 e. The summed E-state index contributed by atoms with van der Waals surface area (Å²) in [6, 6.07) is 0. The van der Waals surface area contributed by atoms with Gasteiger partial charge < -0.3 is 20.1 Å². The zero-order chi connectivity index (χ0) is 49.5. The van der Waals surface area contributed by atoms with Crippen LogP contribution in [-0.2, 0) is 27.9 Å². The second-order valence-electron chi connectivity index (χ2n) is 18.9. The van der Waals surface area contributed by atoms with Crippen molar-refractivity contribution < 1.29 is 37.9 Å². The molecular weight excluding hydrogens is 870 g/mol. The van der Waals surface area contributed by atoms with Gasteiger partial charge in [-0.2, -0.15) is 0 Å². The zero-order valence-corrected chi connectivity index (χ0v) is 44.9. The van der Waals surface area contributed by atoms with Crippen LogP contribution >= 0.6 is 7.82 Å². The van der Waals surface area contributed by atoms with E-state index < -0.39 is 26.5 Å². The molecule has 0 rings (SSSR count). The van der Waals surface area contributed by atoms with Gasteiger partial charge in [0, 0.05) is 19.4 Å². The first kappa shape index (κ1) is 65.7. The van der Waals surface area contributed by atoms with Crippen LogP contribution < -0.4 is 5.32 Å². The first-order valence-corrected chi connectivity index (χ1v) is 29.8. The van der Waals surface area contributed by atoms with Crippen LogP contribution in [0.3, 0.4) is 0 Å². The van der Waals surface area contributed by atoms with Crippen LogP contribution in [0.5, 0.6) is 0 Å². The fraction of sp³-hybridized carbons (Fsp3) is 0.793. The highest BCUT2D eigenvalue weighted by molar-refractivity contribution is 7.47. The maximum atomic E-state index is 12.2. The minimum Gasteiger partial charge on any atom is -0.463 e. The number of ether oxygens (including phenoxy) is 1. The molecule has 0 saturated carbocycles. The van der Waals surface area contributed by atoms with Crippen molar-refractivity contribution in [1.82, 2.24) is 5.32 Å². The fourth-order valence-electron chi connectivity index (χ4n) is 8.00. The molecule has 0 bridgehead atoms. The first-order chi connectivity index (χ1) is 33.3. The lowest BCUT2D eigenvalue weighted by Crippen LogP contribution is -2.27. The van der Waals surface area contributed by atoms with Crippen LogP contribution in [0.15, 0.2) is 60.8 Å². The van der Waals surface area contributed by atoms with Crippen LogP contribution in [-0.4, -0.2) is 54.3 Å². The summed E-state index contributed by atoms with van der Waals surface area (Å²) in [7, 11) is -4.43. The van der Waals surface area contributed by atoms with Crippen molar-refractivity contribution in [3.8, 4) is 0 Å². The molecule has 10 heteroatoms. The smallest absolute Gasteiger partial charge is 0.463 e. The summed E-state index contributed by atoms with van der Waals surface area (Å²) in [4.78, 5) is 34.2. The molecule has 0 saturated heterocycles. The number of phosphoric acid groups is 1. The number of carbonyl (C=O) groups is 2. The van der Waals surface area contributed by atoms with Crippen LogP contribution in [0.25, 0.3) is 0 Å². The molecule has 0 aromatic rings. The summed E-state index contributed by atoms with van der Waals surface area (Å²) in [5.41, 5.74) is 0. The van der Waals surface area contributed by atoms with Crippen molar-refractivity contribution in [3.63, 3.8) is 0 Å². The normalized spacial score (nSPS) is 13.5. The van der Waals surface area contributed by atoms with E-state index in [4.69, 9.17) is 13.8 Å². The van der Waals surface area contributed by atoms with E-state index in [1.807, 2.05) is 0 Å². The minimum absolute atomic E-state index is 0.0815. The summed E-state index contributed by atoms with van der Waals surface area (Å²) in [6.45, 7) is 3.47. The number of esters is 1. The number of carbonyl (C=O) groups excluding carboxylic acids is 2. The lowest BCUT2D eigenvalue weighted by atomic mass is 10.0. The van der Waals surface area contributed by atoms with Gasteiger partial charge in [-0.3, -0.25) is 18.6 Å². The molecular formula is C58H106NO8P. The Balaban J connectivity index is 3.54. The van der Waals surface area contributed by atoms with Gasteiger partial charge in [0.25, 0.3) is 0 Å². The first-order valence-electron chi connectivity index (χ1n) is 28.3. The maximum Gasteiger partial charge on any atom is 0.472 e. The monoisotopic (exact) mass is 976 g/mol. The third-order valence-electron chi connectivity index (χ3n) is 12.2. The molecule has 1 amide bonds. The Morgan fingerprint density at radius 3 is 1.26 bits per heavy atom. The molecule has 0 aromatic carbocycles. The summed E-state index contributed by atoms with van der Waals surface area (Å²) in [6.07, 6.45) is 67.4. The van der Waals surface area contributed by atoms with Gasteiger partial charge in [-0.25, -0.2) is 4.57 Å². The van der Waals surface area contributed by atoms with Gasteiger partial charge in [-0.1, -0.05) is 254 Å². The molecule has 0 heterocycles. The van der Waals surface area contributed by atoms with Gasteiger partial charge in [0.05, 0.1) is 13.2 Å². The highest BCUT2D eigenvalue weighted by atomic mass is 31.2. The molecule has 2 atom stereocenters. The van der Waals surface area contributed by atoms with Crippen molar-refractivity contribution in [2.24, 2.45) is 0 Å². The third-order valence-corrected chi connectivity index (χ3v) is 13.2. The number of nitrogens with one attached hydrogen (secondary N) is 1. The maximum absolute atomic E-state index is 12.2. The summed E-state index contributed by atoms with van der Waals surface area (Å²) in [5, 5.41) is 12.8. The predicted molar refractivity (Wildman–Crippen MR) is 289 cm³/mol. The predicted octanol–water partition coefficient (Wildman–Crippen LogP) is 17.2. The number of aliphatic hydroxyl groups is 1. The quantitative estimate of drug-likeness (QED) is 0.0238. The van der Waals surface area contributed by atoms with Gasteiger partial charge >= 0.3 is 13.8 Å². The van der Waals surface area contributed by atoms with E-state index >= 15 is 0 Å². The van der Waals surface area contributed by atoms with Gasteiger partial charge in [0.1, 0.15) is 12.7 Å². The van der Waals surface area contributed by atoms with Crippen LogP contribution in [0.4, 0.5) is 0 Å². The van der Waals surface area contributed by atoms with Crippen molar-refractivity contribution in [1.29, 1.82) is 0 Å².